The molecule has 2 aromatic rings. The van der Waals surface area contributed by atoms with E-state index in [2.05, 4.69) is 62.6 Å². The van der Waals surface area contributed by atoms with Crippen molar-refractivity contribution in [3.8, 4) is 5.75 Å². The molecule has 2 aliphatic carbocycles. The number of aromatic nitrogens is 2. The van der Waals surface area contributed by atoms with E-state index in [4.69, 9.17) is 9.72 Å². The number of hydrogen-bond donors (Lipinski definition) is 2. The quantitative estimate of drug-likeness (QED) is 0.390. The van der Waals surface area contributed by atoms with Gasteiger partial charge in [-0.25, -0.2) is 4.98 Å². The predicted molar refractivity (Wildman–Crippen MR) is 184 cm³/mol. The van der Waals surface area contributed by atoms with E-state index >= 15 is 0 Å². The molecule has 0 spiro atoms. The molecule has 0 bridgehead atoms. The number of nitrogens with one attached hydrogen (secondary N) is 2. The summed E-state index contributed by atoms with van der Waals surface area (Å²) in [5.74, 6) is 3.13. The van der Waals surface area contributed by atoms with E-state index in [1.54, 1.807) is 0 Å². The standard InChI is InChI=1S/C36H52N8O2/c1-6-31-24(4)41(5)32-21-37-36(40-34(32)44(31)23(2)3)39-30-14-13-29(28-15-20-46-33(28)30)35(45)38-26-9-11-27(12-10-26)43-18-16-42(17-19-43)22-25-7-8-25/h13-14,21,23,25-27,31H,4,6-12,15-20,22H2,1-3,5H3,(H,38,45)(H,37,39,40)/t26-,27-,31-/m0/s1. The number of amides is 1. The van der Waals surface area contributed by atoms with Gasteiger partial charge in [-0.2, -0.15) is 4.98 Å². The number of hydrogen-bond acceptors (Lipinski definition) is 9. The van der Waals surface area contributed by atoms with Crippen molar-refractivity contribution in [1.82, 2.24) is 25.1 Å². The lowest BCUT2D eigenvalue weighted by Gasteiger charge is -2.45. The summed E-state index contributed by atoms with van der Waals surface area (Å²) < 4.78 is 6.10. The monoisotopic (exact) mass is 628 g/mol. The van der Waals surface area contributed by atoms with E-state index in [9.17, 15) is 4.79 Å². The van der Waals surface area contributed by atoms with Crippen molar-refractivity contribution in [2.45, 2.75) is 96.3 Å². The van der Waals surface area contributed by atoms with Crippen molar-refractivity contribution in [2.75, 3.05) is 61.5 Å². The predicted octanol–water partition coefficient (Wildman–Crippen LogP) is 5.18. The first-order chi connectivity index (χ1) is 22.3. The molecule has 248 valence electrons. The van der Waals surface area contributed by atoms with Crippen molar-refractivity contribution in [2.24, 2.45) is 5.92 Å². The lowest BCUT2D eigenvalue weighted by Crippen LogP contribution is -2.52. The highest BCUT2D eigenvalue weighted by Crippen LogP contribution is 2.42. The molecule has 2 N–H and O–H groups in total. The van der Waals surface area contributed by atoms with Gasteiger partial charge in [0, 0.05) is 81.1 Å². The molecule has 4 heterocycles. The van der Waals surface area contributed by atoms with Gasteiger partial charge in [-0.3, -0.25) is 9.69 Å². The fourth-order valence-electron chi connectivity index (χ4n) is 8.13. The molecule has 3 aliphatic heterocycles. The average molecular weight is 629 g/mol. The van der Waals surface area contributed by atoms with Crippen LogP contribution in [0.1, 0.15) is 81.6 Å². The molecule has 1 atom stereocenters. The van der Waals surface area contributed by atoms with Crippen LogP contribution in [-0.2, 0) is 6.42 Å². The van der Waals surface area contributed by atoms with E-state index in [0.717, 1.165) is 77.8 Å². The number of fused-ring (bicyclic) bond motifs is 2. The van der Waals surface area contributed by atoms with Crippen LogP contribution in [0.15, 0.2) is 30.6 Å². The highest BCUT2D eigenvalue weighted by molar-refractivity contribution is 5.98. The maximum Gasteiger partial charge on any atom is 0.251 e. The summed E-state index contributed by atoms with van der Waals surface area (Å²) >= 11 is 0. The topological polar surface area (TPSA) is 89.1 Å². The molecule has 1 saturated heterocycles. The minimum Gasteiger partial charge on any atom is -0.491 e. The molecule has 0 radical (unpaired) electrons. The second kappa shape index (κ2) is 13.0. The number of anilines is 4. The van der Waals surface area contributed by atoms with Gasteiger partial charge in [0.05, 0.1) is 24.5 Å². The third kappa shape index (κ3) is 6.18. The number of nitrogens with zero attached hydrogens (tertiary/aromatic N) is 6. The maximum atomic E-state index is 13.6. The lowest BCUT2D eigenvalue weighted by molar-refractivity contribution is 0.0694. The second-order valence-corrected chi connectivity index (χ2v) is 14.3. The zero-order valence-electron chi connectivity index (χ0n) is 28.2. The molecule has 10 heteroatoms. The summed E-state index contributed by atoms with van der Waals surface area (Å²) in [7, 11) is 2.03. The summed E-state index contributed by atoms with van der Waals surface area (Å²) in [6.45, 7) is 17.6. The van der Waals surface area contributed by atoms with Crippen molar-refractivity contribution in [3.63, 3.8) is 0 Å². The minimum absolute atomic E-state index is 0.0110. The van der Waals surface area contributed by atoms with E-state index in [1.165, 1.54) is 45.6 Å². The van der Waals surface area contributed by atoms with Crippen molar-refractivity contribution in [1.29, 1.82) is 0 Å². The van der Waals surface area contributed by atoms with E-state index in [1.807, 2.05) is 25.4 Å². The van der Waals surface area contributed by atoms with Gasteiger partial charge in [-0.05, 0) is 76.8 Å². The van der Waals surface area contributed by atoms with E-state index in [0.29, 0.717) is 25.0 Å². The molecule has 1 amide bonds. The van der Waals surface area contributed by atoms with Crippen LogP contribution >= 0.6 is 0 Å². The summed E-state index contributed by atoms with van der Waals surface area (Å²) in [5.41, 5.74) is 4.47. The zero-order chi connectivity index (χ0) is 31.9. The van der Waals surface area contributed by atoms with Crippen LogP contribution in [0.4, 0.5) is 23.1 Å². The molecular weight excluding hydrogens is 576 g/mol. The molecule has 10 nitrogen and oxygen atoms in total. The van der Waals surface area contributed by atoms with Gasteiger partial charge in [-0.1, -0.05) is 13.5 Å². The summed E-state index contributed by atoms with van der Waals surface area (Å²) in [6.07, 6.45) is 10.8. The Bertz CT molecular complexity index is 1440. The molecule has 1 aromatic heterocycles. The van der Waals surface area contributed by atoms with Crippen LogP contribution in [0.25, 0.3) is 0 Å². The zero-order valence-corrected chi connectivity index (χ0v) is 28.2. The fourth-order valence-corrected chi connectivity index (χ4v) is 8.13. The smallest absolute Gasteiger partial charge is 0.251 e. The number of ether oxygens (including phenoxy) is 1. The van der Waals surface area contributed by atoms with Crippen LogP contribution in [0, 0.1) is 5.92 Å². The Morgan fingerprint density at radius 3 is 2.54 bits per heavy atom. The molecule has 1 aromatic carbocycles. The van der Waals surface area contributed by atoms with Crippen molar-refractivity contribution < 1.29 is 9.53 Å². The second-order valence-electron chi connectivity index (χ2n) is 14.3. The Balaban J connectivity index is 0.991. The van der Waals surface area contributed by atoms with Gasteiger partial charge in [0.2, 0.25) is 5.95 Å². The van der Waals surface area contributed by atoms with Gasteiger partial charge in [0.1, 0.15) is 11.4 Å². The SMILES string of the molecule is C=C1[C@H](CC)N(C(C)C)c2nc(Nc3ccc(C(=O)N[C@H]4CC[C@H](N5CCN(CC6CC6)CC5)CC4)c4c3OCC4)ncc2N1C. The van der Waals surface area contributed by atoms with Crippen LogP contribution in [0.2, 0.25) is 0 Å². The van der Waals surface area contributed by atoms with Gasteiger partial charge < -0.3 is 30.1 Å². The van der Waals surface area contributed by atoms with Crippen LogP contribution in [-0.4, -0.2) is 96.2 Å². The van der Waals surface area contributed by atoms with Gasteiger partial charge in [-0.15, -0.1) is 0 Å². The number of benzene rings is 1. The highest BCUT2D eigenvalue weighted by atomic mass is 16.5. The maximum absolute atomic E-state index is 13.6. The van der Waals surface area contributed by atoms with E-state index in [-0.39, 0.29) is 24.0 Å². The first-order valence-electron chi connectivity index (χ1n) is 17.7. The Morgan fingerprint density at radius 1 is 1.09 bits per heavy atom. The van der Waals surface area contributed by atoms with Crippen LogP contribution in [0.5, 0.6) is 5.75 Å². The normalized spacial score (nSPS) is 25.3. The Kier molecular flexibility index (Phi) is 8.85. The molecule has 46 heavy (non-hydrogen) atoms. The Labute approximate surface area is 274 Å². The third-order valence-electron chi connectivity index (χ3n) is 11.0. The third-order valence-corrected chi connectivity index (χ3v) is 11.0. The number of rotatable bonds is 9. The highest BCUT2D eigenvalue weighted by Gasteiger charge is 2.35. The van der Waals surface area contributed by atoms with Crippen molar-refractivity contribution >= 4 is 29.0 Å². The number of carbonyl (C=O) groups is 1. The van der Waals surface area contributed by atoms with Crippen LogP contribution < -0.4 is 25.2 Å². The van der Waals surface area contributed by atoms with Crippen LogP contribution in [0.3, 0.4) is 0 Å². The molecule has 2 saturated carbocycles. The Hall–Kier alpha value is -3.37. The molecule has 5 aliphatic rings. The van der Waals surface area contributed by atoms with Gasteiger partial charge in [0.15, 0.2) is 5.82 Å². The van der Waals surface area contributed by atoms with Gasteiger partial charge >= 0.3 is 0 Å². The first-order valence-corrected chi connectivity index (χ1v) is 17.7. The summed E-state index contributed by atoms with van der Waals surface area (Å²) in [4.78, 5) is 33.1. The number of carbonyl (C=O) groups excluding carboxylic acids is 1. The minimum atomic E-state index is 0.0110. The van der Waals surface area contributed by atoms with Gasteiger partial charge in [0.25, 0.3) is 5.91 Å². The fraction of sp³-hybridized carbons (Fsp3) is 0.639. The van der Waals surface area contributed by atoms with Crippen molar-refractivity contribution in [3.05, 3.63) is 41.7 Å². The average Bonchev–Trinajstić information content (AvgIpc) is 3.73. The first kappa shape index (κ1) is 31.2. The summed E-state index contributed by atoms with van der Waals surface area (Å²) in [5, 5.41) is 6.79. The lowest BCUT2D eigenvalue weighted by atomic mass is 9.89. The number of likely N-dealkylation sites (N-methyl/N-ethyl adjacent to an activating group) is 1. The Morgan fingerprint density at radius 2 is 1.85 bits per heavy atom. The molecule has 0 unspecified atom stereocenters. The molecule has 3 fully saturated rings. The summed E-state index contributed by atoms with van der Waals surface area (Å²) in [6, 6.07) is 5.18. The molecular formula is C36H52N8O2. The molecule has 7 rings (SSSR count). The van der Waals surface area contributed by atoms with E-state index < -0.39 is 0 Å². The number of piperazine rings is 1. The largest absolute Gasteiger partial charge is 0.491 e.